The lowest BCUT2D eigenvalue weighted by molar-refractivity contribution is -0.170. The molecule has 7 nitrogen and oxygen atoms in total. The highest BCUT2D eigenvalue weighted by Crippen LogP contribution is 2.29. The maximum absolute atomic E-state index is 12.0. The molecule has 0 amide bonds. The molecule has 0 saturated heterocycles. The van der Waals surface area contributed by atoms with Crippen LogP contribution in [0.5, 0.6) is 0 Å². The third-order valence-corrected chi connectivity index (χ3v) is 2.81. The van der Waals surface area contributed by atoms with Crippen molar-refractivity contribution in [3.63, 3.8) is 0 Å². The summed E-state index contributed by atoms with van der Waals surface area (Å²) < 4.78 is 5.86. The van der Waals surface area contributed by atoms with Gasteiger partial charge in [-0.2, -0.15) is 5.11 Å². The SMILES string of the molecule is CC(C)(C)OC(Cc1cccnc1)(C(=O)O)C1=NCN=N1. The Morgan fingerprint density at radius 1 is 1.43 bits per heavy atom. The summed E-state index contributed by atoms with van der Waals surface area (Å²) in [4.78, 5) is 20.0. The standard InChI is InChI=1S/C14H18N4O3/c1-13(2,3)21-14(12(19)20,11-16-9-17-18-11)7-10-5-4-6-15-8-10/h4-6,8H,7,9H2,1-3H3,(H,19,20). The van der Waals surface area contributed by atoms with E-state index in [2.05, 4.69) is 20.2 Å². The van der Waals surface area contributed by atoms with Crippen molar-refractivity contribution in [2.75, 3.05) is 6.67 Å². The monoisotopic (exact) mass is 290 g/mol. The number of carboxylic acid groups (broad SMARTS) is 1. The number of ether oxygens (including phenoxy) is 1. The van der Waals surface area contributed by atoms with Gasteiger partial charge in [-0.25, -0.2) is 9.79 Å². The van der Waals surface area contributed by atoms with Crippen molar-refractivity contribution in [2.45, 2.75) is 38.4 Å². The molecular formula is C14H18N4O3. The molecule has 2 rings (SSSR count). The molecule has 0 radical (unpaired) electrons. The Balaban J connectivity index is 2.45. The molecule has 7 heteroatoms. The third-order valence-electron chi connectivity index (χ3n) is 2.81. The molecule has 1 aliphatic rings. The molecule has 1 N–H and O–H groups in total. The highest BCUT2D eigenvalue weighted by atomic mass is 16.5. The van der Waals surface area contributed by atoms with E-state index in [0.717, 1.165) is 5.56 Å². The summed E-state index contributed by atoms with van der Waals surface area (Å²) in [5.74, 6) is -1.05. The number of nitrogens with zero attached hydrogens (tertiary/aromatic N) is 4. The van der Waals surface area contributed by atoms with Gasteiger partial charge in [0.15, 0.2) is 12.5 Å². The number of azo groups is 1. The molecule has 1 atom stereocenters. The second kappa shape index (κ2) is 5.69. The van der Waals surface area contributed by atoms with Crippen LogP contribution in [0.4, 0.5) is 0 Å². The average Bonchev–Trinajstić information content (AvgIpc) is 2.91. The van der Waals surface area contributed by atoms with Gasteiger partial charge in [0.2, 0.25) is 5.60 Å². The molecule has 0 aromatic carbocycles. The summed E-state index contributed by atoms with van der Waals surface area (Å²) in [5, 5.41) is 17.4. The highest BCUT2D eigenvalue weighted by molar-refractivity contribution is 6.09. The summed E-state index contributed by atoms with van der Waals surface area (Å²) in [6.45, 7) is 5.51. The molecular weight excluding hydrogens is 272 g/mol. The molecule has 1 aromatic heterocycles. The van der Waals surface area contributed by atoms with E-state index in [1.54, 1.807) is 45.3 Å². The van der Waals surface area contributed by atoms with Crippen molar-refractivity contribution < 1.29 is 14.6 Å². The smallest absolute Gasteiger partial charge is 0.344 e. The maximum Gasteiger partial charge on any atom is 0.344 e. The Morgan fingerprint density at radius 3 is 2.67 bits per heavy atom. The van der Waals surface area contributed by atoms with Crippen LogP contribution in [0.3, 0.4) is 0 Å². The van der Waals surface area contributed by atoms with Crippen LogP contribution in [0.2, 0.25) is 0 Å². The number of hydrogen-bond acceptors (Lipinski definition) is 6. The number of aromatic nitrogens is 1. The van der Waals surface area contributed by atoms with Gasteiger partial charge < -0.3 is 9.84 Å². The van der Waals surface area contributed by atoms with Crippen molar-refractivity contribution in [3.8, 4) is 0 Å². The maximum atomic E-state index is 12.0. The fraction of sp³-hybridized carbons (Fsp3) is 0.500. The number of rotatable bonds is 5. The van der Waals surface area contributed by atoms with Gasteiger partial charge in [-0.15, -0.1) is 5.11 Å². The summed E-state index contributed by atoms with van der Waals surface area (Å²) in [5.41, 5.74) is -1.61. The summed E-state index contributed by atoms with van der Waals surface area (Å²) in [6.07, 6.45) is 3.32. The molecule has 1 unspecified atom stereocenters. The molecule has 2 heterocycles. The molecule has 1 aliphatic heterocycles. The van der Waals surface area contributed by atoms with Crippen LogP contribution in [0.15, 0.2) is 39.7 Å². The first-order valence-corrected chi connectivity index (χ1v) is 6.58. The number of aliphatic carboxylic acids is 1. The lowest BCUT2D eigenvalue weighted by atomic mass is 9.92. The molecule has 21 heavy (non-hydrogen) atoms. The van der Waals surface area contributed by atoms with Gasteiger partial charge in [0, 0.05) is 18.8 Å². The van der Waals surface area contributed by atoms with Gasteiger partial charge in [-0.1, -0.05) is 6.07 Å². The lowest BCUT2D eigenvalue weighted by Crippen LogP contribution is -2.53. The van der Waals surface area contributed by atoms with E-state index >= 15 is 0 Å². The van der Waals surface area contributed by atoms with E-state index < -0.39 is 17.2 Å². The Bertz CT molecular complexity index is 578. The number of pyridine rings is 1. The zero-order valence-electron chi connectivity index (χ0n) is 12.3. The normalized spacial score (nSPS) is 17.4. The van der Waals surface area contributed by atoms with Crippen molar-refractivity contribution in [2.24, 2.45) is 15.2 Å². The van der Waals surface area contributed by atoms with Crippen molar-refractivity contribution in [1.29, 1.82) is 0 Å². The van der Waals surface area contributed by atoms with Crippen molar-refractivity contribution >= 4 is 11.8 Å². The molecule has 1 aromatic rings. The zero-order valence-corrected chi connectivity index (χ0v) is 12.3. The van der Waals surface area contributed by atoms with Crippen molar-refractivity contribution in [1.82, 2.24) is 4.98 Å². The van der Waals surface area contributed by atoms with E-state index in [1.165, 1.54) is 0 Å². The predicted octanol–water partition coefficient (Wildman–Crippen LogP) is 2.08. The minimum Gasteiger partial charge on any atom is -0.479 e. The van der Waals surface area contributed by atoms with Crippen LogP contribution >= 0.6 is 0 Å². The van der Waals surface area contributed by atoms with E-state index in [-0.39, 0.29) is 18.9 Å². The number of carboxylic acids is 1. The van der Waals surface area contributed by atoms with Crippen LogP contribution in [0.1, 0.15) is 26.3 Å². The topological polar surface area (TPSA) is 96.5 Å². The van der Waals surface area contributed by atoms with Gasteiger partial charge in [0.25, 0.3) is 0 Å². The Labute approximate surface area is 122 Å². The van der Waals surface area contributed by atoms with Gasteiger partial charge in [-0.3, -0.25) is 4.98 Å². The van der Waals surface area contributed by atoms with Crippen LogP contribution in [-0.4, -0.2) is 39.8 Å². The fourth-order valence-electron chi connectivity index (χ4n) is 2.13. The van der Waals surface area contributed by atoms with E-state index in [9.17, 15) is 9.90 Å². The minimum atomic E-state index is -1.67. The van der Waals surface area contributed by atoms with Crippen LogP contribution < -0.4 is 0 Å². The van der Waals surface area contributed by atoms with Crippen LogP contribution in [0, 0.1) is 0 Å². The molecule has 0 fully saturated rings. The fourth-order valence-corrected chi connectivity index (χ4v) is 2.13. The molecule has 0 spiro atoms. The molecule has 0 aliphatic carbocycles. The number of hydrogen-bond donors (Lipinski definition) is 1. The van der Waals surface area contributed by atoms with E-state index in [0.29, 0.717) is 0 Å². The Hall–Kier alpha value is -2.15. The minimum absolute atomic E-state index is 0.0886. The summed E-state index contributed by atoms with van der Waals surface area (Å²) >= 11 is 0. The number of aliphatic imine (C=N–C) groups is 1. The average molecular weight is 290 g/mol. The van der Waals surface area contributed by atoms with Crippen LogP contribution in [0.25, 0.3) is 0 Å². The van der Waals surface area contributed by atoms with Gasteiger partial charge in [0.1, 0.15) is 0 Å². The van der Waals surface area contributed by atoms with Gasteiger partial charge in [0.05, 0.1) is 5.60 Å². The zero-order chi connectivity index (χ0) is 15.5. The lowest BCUT2D eigenvalue weighted by Gasteiger charge is -2.34. The Morgan fingerprint density at radius 2 is 2.19 bits per heavy atom. The summed E-state index contributed by atoms with van der Waals surface area (Å²) in [6, 6.07) is 3.54. The van der Waals surface area contributed by atoms with Gasteiger partial charge in [-0.05, 0) is 32.4 Å². The largest absolute Gasteiger partial charge is 0.479 e. The first-order valence-electron chi connectivity index (χ1n) is 6.58. The second-order valence-corrected chi connectivity index (χ2v) is 5.75. The molecule has 112 valence electrons. The Kier molecular flexibility index (Phi) is 4.13. The first-order chi connectivity index (χ1) is 9.83. The van der Waals surface area contributed by atoms with E-state index in [4.69, 9.17) is 4.74 Å². The van der Waals surface area contributed by atoms with Crippen LogP contribution in [-0.2, 0) is 16.0 Å². The number of amidine groups is 1. The first kappa shape index (κ1) is 15.2. The van der Waals surface area contributed by atoms with Crippen molar-refractivity contribution in [3.05, 3.63) is 30.1 Å². The molecule has 0 bridgehead atoms. The quantitative estimate of drug-likeness (QED) is 0.897. The number of carbonyl (C=O) groups is 1. The second-order valence-electron chi connectivity index (χ2n) is 5.75. The van der Waals surface area contributed by atoms with Gasteiger partial charge >= 0.3 is 5.97 Å². The summed E-state index contributed by atoms with van der Waals surface area (Å²) in [7, 11) is 0. The predicted molar refractivity (Wildman–Crippen MR) is 76.3 cm³/mol. The third kappa shape index (κ3) is 3.49. The van der Waals surface area contributed by atoms with E-state index in [1.807, 2.05) is 0 Å². The molecule has 0 saturated carbocycles. The highest BCUT2D eigenvalue weighted by Gasteiger charge is 2.49.